The van der Waals surface area contributed by atoms with E-state index < -0.39 is 9.84 Å². The lowest BCUT2D eigenvalue weighted by atomic mass is 10.1. The number of hydrogen-bond donors (Lipinski definition) is 2. The highest BCUT2D eigenvalue weighted by molar-refractivity contribution is 14.0. The van der Waals surface area contributed by atoms with E-state index in [1.807, 2.05) is 0 Å². The van der Waals surface area contributed by atoms with Crippen molar-refractivity contribution in [2.45, 2.75) is 18.9 Å². The van der Waals surface area contributed by atoms with Crippen molar-refractivity contribution in [3.63, 3.8) is 0 Å². The third-order valence-electron chi connectivity index (χ3n) is 4.83. The summed E-state index contributed by atoms with van der Waals surface area (Å²) >= 11 is 3.47. The van der Waals surface area contributed by atoms with Crippen molar-refractivity contribution < 1.29 is 8.42 Å². The molecule has 146 valence electrons. The molecule has 26 heavy (non-hydrogen) atoms. The van der Waals surface area contributed by atoms with Crippen LogP contribution in [0.2, 0.25) is 0 Å². The van der Waals surface area contributed by atoms with Crippen LogP contribution >= 0.6 is 39.9 Å². The highest BCUT2D eigenvalue weighted by atomic mass is 127. The number of halogens is 2. The second kappa shape index (κ2) is 9.59. The van der Waals surface area contributed by atoms with Crippen LogP contribution in [0.15, 0.2) is 33.7 Å². The van der Waals surface area contributed by atoms with Crippen LogP contribution in [0.25, 0.3) is 0 Å². The van der Waals surface area contributed by atoms with Gasteiger partial charge >= 0.3 is 0 Å². The maximum absolute atomic E-state index is 11.6. The molecule has 2 heterocycles. The summed E-state index contributed by atoms with van der Waals surface area (Å²) in [6, 6.07) is 8.39. The standard InChI is InChI=1S/C17H25BrN4O2S.HI/c1-19-17(21-15-7-9-25(23,24)12-15)20-10-13-6-8-22(11-13)16-4-2-14(18)3-5-16;/h2-5,13,15H,6-12H2,1H3,(H2,19,20,21);1H. The lowest BCUT2D eigenvalue weighted by molar-refractivity contribution is 0.558. The van der Waals surface area contributed by atoms with Crippen molar-refractivity contribution in [1.82, 2.24) is 10.6 Å². The number of nitrogens with one attached hydrogen (secondary N) is 2. The van der Waals surface area contributed by atoms with Crippen molar-refractivity contribution >= 4 is 61.4 Å². The molecule has 3 rings (SSSR count). The molecule has 1 aromatic carbocycles. The summed E-state index contributed by atoms with van der Waals surface area (Å²) in [7, 11) is -1.15. The van der Waals surface area contributed by atoms with Crippen LogP contribution in [0.1, 0.15) is 12.8 Å². The maximum atomic E-state index is 11.6. The summed E-state index contributed by atoms with van der Waals surface area (Å²) in [5.41, 5.74) is 1.25. The first-order valence-corrected chi connectivity index (χ1v) is 11.2. The van der Waals surface area contributed by atoms with Crippen LogP contribution in [0, 0.1) is 5.92 Å². The molecule has 2 N–H and O–H groups in total. The van der Waals surface area contributed by atoms with Gasteiger partial charge in [-0.3, -0.25) is 4.99 Å². The number of rotatable bonds is 4. The van der Waals surface area contributed by atoms with E-state index in [-0.39, 0.29) is 41.5 Å². The lowest BCUT2D eigenvalue weighted by Gasteiger charge is -2.20. The van der Waals surface area contributed by atoms with Crippen molar-refractivity contribution in [2.24, 2.45) is 10.9 Å². The van der Waals surface area contributed by atoms with Gasteiger partial charge in [-0.1, -0.05) is 15.9 Å². The molecule has 0 radical (unpaired) electrons. The molecule has 0 aromatic heterocycles. The van der Waals surface area contributed by atoms with E-state index in [1.54, 1.807) is 7.05 Å². The Labute approximate surface area is 181 Å². The topological polar surface area (TPSA) is 73.8 Å². The molecule has 1 aromatic rings. The molecule has 0 spiro atoms. The number of benzene rings is 1. The first-order chi connectivity index (χ1) is 11.9. The van der Waals surface area contributed by atoms with Crippen molar-refractivity contribution in [1.29, 1.82) is 0 Å². The summed E-state index contributed by atoms with van der Waals surface area (Å²) in [6.45, 7) is 2.91. The van der Waals surface area contributed by atoms with Gasteiger partial charge in [0.1, 0.15) is 0 Å². The predicted octanol–water partition coefficient (Wildman–Crippen LogP) is 2.25. The molecule has 0 aliphatic carbocycles. The fourth-order valence-corrected chi connectivity index (χ4v) is 5.36. The highest BCUT2D eigenvalue weighted by Crippen LogP contribution is 2.25. The molecular formula is C17H26BrIN4O2S. The molecule has 2 fully saturated rings. The Morgan fingerprint density at radius 2 is 2.04 bits per heavy atom. The van der Waals surface area contributed by atoms with Gasteiger partial charge in [0.15, 0.2) is 15.8 Å². The molecule has 6 nitrogen and oxygen atoms in total. The minimum absolute atomic E-state index is 0. The second-order valence-electron chi connectivity index (χ2n) is 6.77. The second-order valence-corrected chi connectivity index (χ2v) is 9.92. The minimum atomic E-state index is -2.88. The third kappa shape index (κ3) is 5.98. The van der Waals surface area contributed by atoms with Crippen molar-refractivity contribution in [2.75, 3.05) is 43.1 Å². The van der Waals surface area contributed by atoms with Gasteiger partial charge in [0.25, 0.3) is 0 Å². The SMILES string of the molecule is CN=C(NCC1CCN(c2ccc(Br)cc2)C1)NC1CCS(=O)(=O)C1.I. The van der Waals surface area contributed by atoms with Gasteiger partial charge in [0, 0.05) is 42.9 Å². The monoisotopic (exact) mass is 556 g/mol. The third-order valence-corrected chi connectivity index (χ3v) is 7.13. The van der Waals surface area contributed by atoms with Crippen LogP contribution in [0.4, 0.5) is 5.69 Å². The largest absolute Gasteiger partial charge is 0.371 e. The molecule has 2 unspecified atom stereocenters. The molecule has 2 aliphatic rings. The van der Waals surface area contributed by atoms with E-state index in [4.69, 9.17) is 0 Å². The fourth-order valence-electron chi connectivity index (χ4n) is 3.42. The van der Waals surface area contributed by atoms with Gasteiger partial charge in [-0.05, 0) is 43.0 Å². The zero-order chi connectivity index (χ0) is 17.9. The average Bonchev–Trinajstić information content (AvgIpc) is 3.18. The summed E-state index contributed by atoms with van der Waals surface area (Å²) in [6.07, 6.45) is 1.79. The molecule has 0 bridgehead atoms. The normalized spacial score (nSPS) is 25.0. The lowest BCUT2D eigenvalue weighted by Crippen LogP contribution is -2.45. The molecular weight excluding hydrogens is 531 g/mol. The predicted molar refractivity (Wildman–Crippen MR) is 121 cm³/mol. The zero-order valence-corrected chi connectivity index (χ0v) is 19.6. The number of aliphatic imine (C=N–C) groups is 1. The first kappa shape index (κ1) is 21.7. The van der Waals surface area contributed by atoms with Gasteiger partial charge < -0.3 is 15.5 Å². The Balaban J connectivity index is 0.00000243. The summed E-state index contributed by atoms with van der Waals surface area (Å²) in [4.78, 5) is 6.63. The van der Waals surface area contributed by atoms with Crippen LogP contribution < -0.4 is 15.5 Å². The molecule has 2 atom stereocenters. The van der Waals surface area contributed by atoms with E-state index in [1.165, 1.54) is 5.69 Å². The van der Waals surface area contributed by atoms with E-state index in [9.17, 15) is 8.42 Å². The Morgan fingerprint density at radius 1 is 1.31 bits per heavy atom. The summed E-state index contributed by atoms with van der Waals surface area (Å²) < 4.78 is 24.2. The molecule has 9 heteroatoms. The van der Waals surface area contributed by atoms with Crippen molar-refractivity contribution in [3.8, 4) is 0 Å². The number of sulfone groups is 1. The van der Waals surface area contributed by atoms with Gasteiger partial charge in [-0.25, -0.2) is 8.42 Å². The number of hydrogen-bond acceptors (Lipinski definition) is 4. The van der Waals surface area contributed by atoms with Crippen LogP contribution in [0.5, 0.6) is 0 Å². The molecule has 0 amide bonds. The number of nitrogens with zero attached hydrogens (tertiary/aromatic N) is 2. The fraction of sp³-hybridized carbons (Fsp3) is 0.588. The Hall–Kier alpha value is -0.550. The van der Waals surface area contributed by atoms with Gasteiger partial charge in [0.05, 0.1) is 11.5 Å². The smallest absolute Gasteiger partial charge is 0.191 e. The van der Waals surface area contributed by atoms with Crippen LogP contribution in [0.3, 0.4) is 0 Å². The summed E-state index contributed by atoms with van der Waals surface area (Å²) in [5.74, 6) is 1.72. The Morgan fingerprint density at radius 3 is 2.65 bits per heavy atom. The zero-order valence-electron chi connectivity index (χ0n) is 14.8. The van der Waals surface area contributed by atoms with E-state index >= 15 is 0 Å². The van der Waals surface area contributed by atoms with Gasteiger partial charge in [0.2, 0.25) is 0 Å². The highest BCUT2D eigenvalue weighted by Gasteiger charge is 2.29. The van der Waals surface area contributed by atoms with Gasteiger partial charge in [-0.2, -0.15) is 0 Å². The van der Waals surface area contributed by atoms with Crippen LogP contribution in [-0.2, 0) is 9.84 Å². The first-order valence-electron chi connectivity index (χ1n) is 8.63. The number of anilines is 1. The van der Waals surface area contributed by atoms with E-state index in [2.05, 4.69) is 60.7 Å². The molecule has 0 saturated carbocycles. The van der Waals surface area contributed by atoms with E-state index in [0.717, 1.165) is 30.5 Å². The van der Waals surface area contributed by atoms with E-state index in [0.29, 0.717) is 18.3 Å². The Kier molecular flexibility index (Phi) is 8.02. The summed E-state index contributed by atoms with van der Waals surface area (Å²) in [5, 5.41) is 6.59. The molecule has 2 aliphatic heterocycles. The van der Waals surface area contributed by atoms with Crippen molar-refractivity contribution in [3.05, 3.63) is 28.7 Å². The number of guanidine groups is 1. The van der Waals surface area contributed by atoms with Gasteiger partial charge in [-0.15, -0.1) is 24.0 Å². The average molecular weight is 557 g/mol. The minimum Gasteiger partial charge on any atom is -0.371 e. The molecule has 2 saturated heterocycles. The quantitative estimate of drug-likeness (QED) is 0.338. The maximum Gasteiger partial charge on any atom is 0.191 e. The Bertz CT molecular complexity index is 727. The van der Waals surface area contributed by atoms with Crippen LogP contribution in [-0.4, -0.2) is 58.6 Å².